The predicted octanol–water partition coefficient (Wildman–Crippen LogP) is 2.86. The van der Waals surface area contributed by atoms with Gasteiger partial charge in [-0.15, -0.1) is 11.3 Å². The molecule has 114 valence electrons. The van der Waals surface area contributed by atoms with E-state index in [2.05, 4.69) is 12.2 Å². The van der Waals surface area contributed by atoms with Gasteiger partial charge in [0, 0.05) is 4.88 Å². The van der Waals surface area contributed by atoms with Crippen molar-refractivity contribution in [3.05, 3.63) is 21.4 Å². The van der Waals surface area contributed by atoms with E-state index in [0.29, 0.717) is 4.88 Å². The molecule has 3 rings (SSSR count). The smallest absolute Gasteiger partial charge is 0.326 e. The van der Waals surface area contributed by atoms with E-state index in [1.165, 1.54) is 34.6 Å². The number of amides is 1. The van der Waals surface area contributed by atoms with Crippen LogP contribution >= 0.6 is 11.3 Å². The van der Waals surface area contributed by atoms with Gasteiger partial charge in [0.05, 0.1) is 4.88 Å². The molecule has 21 heavy (non-hydrogen) atoms. The topological polar surface area (TPSA) is 66.4 Å². The highest BCUT2D eigenvalue weighted by Gasteiger charge is 2.37. The van der Waals surface area contributed by atoms with Gasteiger partial charge in [-0.25, -0.2) is 4.79 Å². The number of aryl methyl sites for hydroxylation is 1. The maximum absolute atomic E-state index is 12.3. The minimum absolute atomic E-state index is 0.116. The van der Waals surface area contributed by atoms with E-state index in [0.717, 1.165) is 31.6 Å². The largest absolute Gasteiger partial charge is 0.480 e. The fourth-order valence-corrected chi connectivity index (χ4v) is 4.19. The number of aliphatic carboxylic acids is 1. The first-order chi connectivity index (χ1) is 10.1. The third-order valence-electron chi connectivity index (χ3n) is 4.63. The molecule has 1 heterocycles. The van der Waals surface area contributed by atoms with Gasteiger partial charge in [0.15, 0.2) is 0 Å². The molecule has 0 bridgehead atoms. The Labute approximate surface area is 128 Å². The van der Waals surface area contributed by atoms with Crippen LogP contribution < -0.4 is 5.32 Å². The van der Waals surface area contributed by atoms with E-state index in [4.69, 9.17) is 0 Å². The zero-order chi connectivity index (χ0) is 15.0. The van der Waals surface area contributed by atoms with Gasteiger partial charge in [0.1, 0.15) is 6.04 Å². The van der Waals surface area contributed by atoms with Crippen LogP contribution in [-0.4, -0.2) is 23.0 Å². The monoisotopic (exact) mass is 307 g/mol. The molecule has 5 heteroatoms. The molecule has 2 aliphatic rings. The van der Waals surface area contributed by atoms with Gasteiger partial charge in [-0.2, -0.15) is 0 Å². The van der Waals surface area contributed by atoms with Crippen molar-refractivity contribution in [2.75, 3.05) is 0 Å². The number of hydrogen-bond acceptors (Lipinski definition) is 3. The van der Waals surface area contributed by atoms with E-state index >= 15 is 0 Å². The van der Waals surface area contributed by atoms with Crippen LogP contribution in [0, 0.1) is 11.8 Å². The molecule has 1 saturated carbocycles. The molecule has 1 amide bonds. The maximum atomic E-state index is 12.3. The van der Waals surface area contributed by atoms with Gasteiger partial charge in [-0.05, 0) is 55.6 Å². The average Bonchev–Trinajstić information content (AvgIpc) is 3.21. The Hall–Kier alpha value is -1.36. The van der Waals surface area contributed by atoms with Crippen molar-refractivity contribution in [3.8, 4) is 0 Å². The number of nitrogens with one attached hydrogen (secondary N) is 1. The standard InChI is InChI=1S/C16H21NO3S/c1-2-9-3-6-12-11(7-9)8-13(21-12)15(18)17-14(16(19)20)10-4-5-10/h8-10,14H,2-7H2,1H3,(H,17,18)(H,19,20). The Morgan fingerprint density at radius 3 is 2.81 bits per heavy atom. The summed E-state index contributed by atoms with van der Waals surface area (Å²) in [4.78, 5) is 25.5. The van der Waals surface area contributed by atoms with Gasteiger partial charge in [0.25, 0.3) is 5.91 Å². The van der Waals surface area contributed by atoms with Crippen molar-refractivity contribution in [3.63, 3.8) is 0 Å². The molecular formula is C16H21NO3S. The lowest BCUT2D eigenvalue weighted by molar-refractivity contribution is -0.139. The average molecular weight is 307 g/mol. The number of rotatable bonds is 5. The summed E-state index contributed by atoms with van der Waals surface area (Å²) in [5, 5.41) is 11.9. The number of carboxylic acids is 1. The first-order valence-corrected chi connectivity index (χ1v) is 8.55. The third-order valence-corrected chi connectivity index (χ3v) is 5.87. The van der Waals surface area contributed by atoms with E-state index in [-0.39, 0.29) is 11.8 Å². The van der Waals surface area contributed by atoms with Crippen LogP contribution in [0.3, 0.4) is 0 Å². The number of hydrogen-bond donors (Lipinski definition) is 2. The van der Waals surface area contributed by atoms with Crippen LogP contribution in [0.5, 0.6) is 0 Å². The molecular weight excluding hydrogens is 286 g/mol. The van der Waals surface area contributed by atoms with Crippen molar-refractivity contribution >= 4 is 23.2 Å². The van der Waals surface area contributed by atoms with E-state index < -0.39 is 12.0 Å². The molecule has 0 aliphatic heterocycles. The number of carboxylic acid groups (broad SMARTS) is 1. The maximum Gasteiger partial charge on any atom is 0.326 e. The van der Waals surface area contributed by atoms with Crippen LogP contribution in [0.15, 0.2) is 6.07 Å². The molecule has 2 atom stereocenters. The zero-order valence-electron chi connectivity index (χ0n) is 12.2. The molecule has 0 saturated heterocycles. The van der Waals surface area contributed by atoms with E-state index in [1.54, 1.807) is 0 Å². The zero-order valence-corrected chi connectivity index (χ0v) is 13.0. The lowest BCUT2D eigenvalue weighted by Gasteiger charge is -2.19. The SMILES string of the molecule is CCC1CCc2sc(C(=O)NC(C(=O)O)C3CC3)cc2C1. The summed E-state index contributed by atoms with van der Waals surface area (Å²) in [6, 6.07) is 1.25. The molecule has 2 N–H and O–H groups in total. The quantitative estimate of drug-likeness (QED) is 0.879. The third kappa shape index (κ3) is 3.12. The molecule has 1 fully saturated rings. The van der Waals surface area contributed by atoms with Crippen molar-refractivity contribution in [2.24, 2.45) is 11.8 Å². The normalized spacial score (nSPS) is 22.4. The highest BCUT2D eigenvalue weighted by molar-refractivity contribution is 7.14. The highest BCUT2D eigenvalue weighted by atomic mass is 32.1. The Bertz CT molecular complexity index is 562. The second-order valence-electron chi connectivity index (χ2n) is 6.20. The summed E-state index contributed by atoms with van der Waals surface area (Å²) in [6.45, 7) is 2.21. The van der Waals surface area contributed by atoms with Gasteiger partial charge in [0.2, 0.25) is 0 Å². The Morgan fingerprint density at radius 1 is 1.43 bits per heavy atom. The lowest BCUT2D eigenvalue weighted by Crippen LogP contribution is -2.42. The second kappa shape index (κ2) is 5.79. The lowest BCUT2D eigenvalue weighted by atomic mass is 9.87. The first-order valence-electron chi connectivity index (χ1n) is 7.73. The molecule has 4 nitrogen and oxygen atoms in total. The fraction of sp³-hybridized carbons (Fsp3) is 0.625. The van der Waals surface area contributed by atoms with Gasteiger partial charge < -0.3 is 10.4 Å². The highest BCUT2D eigenvalue weighted by Crippen LogP contribution is 2.35. The van der Waals surface area contributed by atoms with Gasteiger partial charge >= 0.3 is 5.97 Å². The number of thiophene rings is 1. The van der Waals surface area contributed by atoms with Crippen molar-refractivity contribution in [2.45, 2.75) is 51.5 Å². The summed E-state index contributed by atoms with van der Waals surface area (Å²) in [6.07, 6.45) is 6.29. The Morgan fingerprint density at radius 2 is 2.19 bits per heavy atom. The molecule has 2 unspecified atom stereocenters. The first kappa shape index (κ1) is 14.6. The number of carbonyl (C=O) groups excluding carboxylic acids is 1. The van der Waals surface area contributed by atoms with Crippen LogP contribution in [0.25, 0.3) is 0 Å². The van der Waals surface area contributed by atoms with E-state index in [9.17, 15) is 14.7 Å². The predicted molar refractivity (Wildman–Crippen MR) is 81.7 cm³/mol. The summed E-state index contributed by atoms with van der Waals surface area (Å²) >= 11 is 1.54. The minimum Gasteiger partial charge on any atom is -0.480 e. The van der Waals surface area contributed by atoms with Crippen LogP contribution in [0.1, 0.15) is 52.7 Å². The van der Waals surface area contributed by atoms with E-state index in [1.807, 2.05) is 6.07 Å². The molecule has 0 spiro atoms. The van der Waals surface area contributed by atoms with Crippen LogP contribution in [0.4, 0.5) is 0 Å². The van der Waals surface area contributed by atoms with Crippen molar-refractivity contribution in [1.82, 2.24) is 5.32 Å². The van der Waals surface area contributed by atoms with Crippen LogP contribution in [0.2, 0.25) is 0 Å². The molecule has 1 aromatic rings. The Balaban J connectivity index is 1.70. The van der Waals surface area contributed by atoms with Gasteiger partial charge in [-0.3, -0.25) is 4.79 Å². The summed E-state index contributed by atoms with van der Waals surface area (Å²) in [5.41, 5.74) is 1.29. The minimum atomic E-state index is -0.918. The molecule has 0 aromatic carbocycles. The van der Waals surface area contributed by atoms with Crippen molar-refractivity contribution in [1.29, 1.82) is 0 Å². The Kier molecular flexibility index (Phi) is 4.02. The summed E-state index contributed by atoms with van der Waals surface area (Å²) < 4.78 is 0. The molecule has 0 radical (unpaired) electrons. The summed E-state index contributed by atoms with van der Waals surface area (Å²) in [7, 11) is 0. The molecule has 2 aliphatic carbocycles. The number of carbonyl (C=O) groups is 2. The second-order valence-corrected chi connectivity index (χ2v) is 7.34. The molecule has 1 aromatic heterocycles. The van der Waals surface area contributed by atoms with Crippen LogP contribution in [-0.2, 0) is 17.6 Å². The summed E-state index contributed by atoms with van der Waals surface area (Å²) in [5.74, 6) is -0.299. The fourth-order valence-electron chi connectivity index (χ4n) is 3.08. The van der Waals surface area contributed by atoms with Gasteiger partial charge in [-0.1, -0.05) is 13.3 Å². The van der Waals surface area contributed by atoms with Crippen molar-refractivity contribution < 1.29 is 14.7 Å². The number of fused-ring (bicyclic) bond motifs is 1.